The topological polar surface area (TPSA) is 62.2 Å². The van der Waals surface area contributed by atoms with E-state index in [-0.39, 0.29) is 18.0 Å². The third kappa shape index (κ3) is 4.06. The monoisotopic (exact) mass is 400 g/mol. The van der Waals surface area contributed by atoms with E-state index >= 15 is 0 Å². The van der Waals surface area contributed by atoms with Crippen molar-refractivity contribution in [1.82, 2.24) is 4.90 Å². The summed E-state index contributed by atoms with van der Waals surface area (Å²) in [6, 6.07) is 13.4. The number of methoxy groups -OCH3 is 1. The number of cyclic esters (lactones) is 1. The van der Waals surface area contributed by atoms with Crippen LogP contribution in [-0.2, 0) is 10.3 Å². The fourth-order valence-electron chi connectivity index (χ4n) is 4.11. The summed E-state index contributed by atoms with van der Waals surface area (Å²) in [4.78, 5) is 16.2. The second-order valence-corrected chi connectivity index (χ2v) is 7.63. The molecule has 1 amide bonds. The molecule has 0 radical (unpaired) electrons. The first-order chi connectivity index (χ1) is 14.0. The van der Waals surface area contributed by atoms with Gasteiger partial charge in [0.15, 0.2) is 0 Å². The number of halogens is 1. The Bertz CT molecular complexity index is 865. The number of rotatable bonds is 5. The van der Waals surface area contributed by atoms with Crippen LogP contribution in [0.25, 0.3) is 0 Å². The number of ether oxygens (including phenoxy) is 2. The molecule has 4 rings (SSSR count). The van der Waals surface area contributed by atoms with Crippen molar-refractivity contribution in [2.24, 2.45) is 0 Å². The van der Waals surface area contributed by atoms with Gasteiger partial charge in [0.2, 0.25) is 0 Å². The number of nitrogens with zero attached hydrogens (tertiary/aromatic N) is 2. The molecule has 29 heavy (non-hydrogen) atoms. The maximum atomic E-state index is 13.2. The summed E-state index contributed by atoms with van der Waals surface area (Å²) in [7, 11) is 1.58. The summed E-state index contributed by atoms with van der Waals surface area (Å²) in [5.41, 5.74) is 0.500. The number of carbonyl (C=O) groups excluding carboxylic acids is 1. The highest BCUT2D eigenvalue weighted by Crippen LogP contribution is 2.34. The third-order valence-electron chi connectivity index (χ3n) is 5.78. The van der Waals surface area contributed by atoms with Crippen LogP contribution < -0.4 is 9.64 Å². The second kappa shape index (κ2) is 8.00. The molecule has 6 nitrogen and oxygen atoms in total. The van der Waals surface area contributed by atoms with Crippen LogP contribution in [-0.4, -0.2) is 55.5 Å². The zero-order chi connectivity index (χ0) is 20.4. The smallest absolute Gasteiger partial charge is 0.414 e. The maximum absolute atomic E-state index is 13.2. The van der Waals surface area contributed by atoms with Crippen molar-refractivity contribution in [2.45, 2.75) is 24.5 Å². The first kappa shape index (κ1) is 19.7. The SMILES string of the molecule is COc1ccccc1N1CC(CN2CCC(O)(c3ccc(F)cc3)CC2)OC1=O. The average molecular weight is 400 g/mol. The highest BCUT2D eigenvalue weighted by atomic mass is 19.1. The molecule has 2 aromatic carbocycles. The van der Waals surface area contributed by atoms with E-state index in [1.165, 1.54) is 12.1 Å². The Labute approximate surface area is 169 Å². The molecular formula is C22H25FN2O4. The molecule has 2 aromatic rings. The zero-order valence-corrected chi connectivity index (χ0v) is 16.4. The Morgan fingerprint density at radius 3 is 2.55 bits per heavy atom. The van der Waals surface area contributed by atoms with Gasteiger partial charge >= 0.3 is 6.09 Å². The van der Waals surface area contributed by atoms with E-state index in [0.717, 1.165) is 5.56 Å². The summed E-state index contributed by atoms with van der Waals surface area (Å²) in [5.74, 6) is 0.324. The molecule has 2 heterocycles. The first-order valence-electron chi connectivity index (χ1n) is 9.80. The highest BCUT2D eigenvalue weighted by molar-refractivity contribution is 5.91. The minimum atomic E-state index is -0.944. The van der Waals surface area contributed by atoms with Crippen molar-refractivity contribution in [3.63, 3.8) is 0 Å². The van der Waals surface area contributed by atoms with E-state index in [4.69, 9.17) is 9.47 Å². The molecule has 1 N–H and O–H groups in total. The van der Waals surface area contributed by atoms with E-state index in [1.54, 1.807) is 24.1 Å². The number of amides is 1. The fourth-order valence-corrected chi connectivity index (χ4v) is 4.11. The van der Waals surface area contributed by atoms with Gasteiger partial charge in [0.05, 0.1) is 24.9 Å². The van der Waals surface area contributed by atoms with Crippen molar-refractivity contribution in [3.8, 4) is 5.75 Å². The molecule has 0 bridgehead atoms. The summed E-state index contributed by atoms with van der Waals surface area (Å²) in [6.45, 7) is 2.42. The number of hydrogen-bond donors (Lipinski definition) is 1. The van der Waals surface area contributed by atoms with Crippen LogP contribution in [0.15, 0.2) is 48.5 Å². The number of piperidine rings is 1. The average Bonchev–Trinajstić information content (AvgIpc) is 3.10. The van der Waals surface area contributed by atoms with Gasteiger partial charge in [0.25, 0.3) is 0 Å². The van der Waals surface area contributed by atoms with Gasteiger partial charge in [-0.05, 0) is 42.7 Å². The molecule has 2 aliphatic rings. The Hall–Kier alpha value is -2.64. The van der Waals surface area contributed by atoms with E-state index in [2.05, 4.69) is 4.90 Å². The molecule has 0 aromatic heterocycles. The lowest BCUT2D eigenvalue weighted by Gasteiger charge is -2.39. The molecule has 0 saturated carbocycles. The lowest BCUT2D eigenvalue weighted by atomic mass is 9.84. The lowest BCUT2D eigenvalue weighted by molar-refractivity contribution is -0.0325. The minimum absolute atomic E-state index is 0.246. The van der Waals surface area contributed by atoms with Crippen LogP contribution >= 0.6 is 0 Å². The maximum Gasteiger partial charge on any atom is 0.414 e. The molecule has 1 atom stereocenters. The number of carbonyl (C=O) groups is 1. The molecule has 2 aliphatic heterocycles. The number of para-hydroxylation sites is 2. The highest BCUT2D eigenvalue weighted by Gasteiger charge is 2.38. The number of benzene rings is 2. The molecule has 7 heteroatoms. The minimum Gasteiger partial charge on any atom is -0.495 e. The van der Waals surface area contributed by atoms with Crippen molar-refractivity contribution in [2.75, 3.05) is 38.2 Å². The van der Waals surface area contributed by atoms with Crippen molar-refractivity contribution in [3.05, 3.63) is 59.9 Å². The Morgan fingerprint density at radius 2 is 1.86 bits per heavy atom. The predicted octanol–water partition coefficient (Wildman–Crippen LogP) is 3.14. The van der Waals surface area contributed by atoms with Gasteiger partial charge in [-0.3, -0.25) is 9.80 Å². The summed E-state index contributed by atoms with van der Waals surface area (Å²) < 4.78 is 24.1. The van der Waals surface area contributed by atoms with Crippen LogP contribution in [0.1, 0.15) is 18.4 Å². The normalized spacial score (nSPS) is 21.8. The van der Waals surface area contributed by atoms with Gasteiger partial charge in [0, 0.05) is 19.6 Å². The molecular weight excluding hydrogens is 375 g/mol. The van der Waals surface area contributed by atoms with Crippen LogP contribution in [0.5, 0.6) is 5.75 Å². The predicted molar refractivity (Wildman–Crippen MR) is 107 cm³/mol. The Kier molecular flexibility index (Phi) is 5.43. The van der Waals surface area contributed by atoms with Gasteiger partial charge in [-0.2, -0.15) is 0 Å². The van der Waals surface area contributed by atoms with Crippen molar-refractivity contribution >= 4 is 11.8 Å². The number of likely N-dealkylation sites (tertiary alicyclic amines) is 1. The van der Waals surface area contributed by atoms with Crippen LogP contribution in [0.3, 0.4) is 0 Å². The molecule has 154 valence electrons. The largest absolute Gasteiger partial charge is 0.495 e. The van der Waals surface area contributed by atoms with Gasteiger partial charge < -0.3 is 14.6 Å². The molecule has 1 unspecified atom stereocenters. The van der Waals surface area contributed by atoms with Crippen LogP contribution in [0, 0.1) is 5.82 Å². The summed E-state index contributed by atoms with van der Waals surface area (Å²) in [5, 5.41) is 10.9. The summed E-state index contributed by atoms with van der Waals surface area (Å²) in [6.07, 6.45) is 0.481. The standard InChI is InChI=1S/C22H25FN2O4/c1-28-20-5-3-2-4-19(20)25-15-18(29-21(25)26)14-24-12-10-22(27,11-13-24)16-6-8-17(23)9-7-16/h2-9,18,27H,10-15H2,1H3. The first-order valence-corrected chi connectivity index (χ1v) is 9.80. The van der Waals surface area contributed by atoms with Gasteiger partial charge in [-0.25, -0.2) is 9.18 Å². The lowest BCUT2D eigenvalue weighted by Crippen LogP contribution is -2.45. The van der Waals surface area contributed by atoms with E-state index in [0.29, 0.717) is 50.5 Å². The van der Waals surface area contributed by atoms with Gasteiger partial charge in [-0.15, -0.1) is 0 Å². The van der Waals surface area contributed by atoms with Crippen LogP contribution in [0.4, 0.5) is 14.9 Å². The number of aliphatic hydroxyl groups is 1. The second-order valence-electron chi connectivity index (χ2n) is 7.63. The van der Waals surface area contributed by atoms with Crippen LogP contribution in [0.2, 0.25) is 0 Å². The van der Waals surface area contributed by atoms with Crippen molar-refractivity contribution < 1.29 is 23.8 Å². The van der Waals surface area contributed by atoms with E-state index < -0.39 is 5.60 Å². The Morgan fingerprint density at radius 1 is 1.17 bits per heavy atom. The number of hydrogen-bond acceptors (Lipinski definition) is 5. The fraction of sp³-hybridized carbons (Fsp3) is 0.409. The van der Waals surface area contributed by atoms with Gasteiger partial charge in [0.1, 0.15) is 17.7 Å². The molecule has 0 spiro atoms. The quantitative estimate of drug-likeness (QED) is 0.836. The Balaban J connectivity index is 1.35. The van der Waals surface area contributed by atoms with E-state index in [1.807, 2.05) is 24.3 Å². The molecule has 0 aliphatic carbocycles. The number of anilines is 1. The molecule has 2 fully saturated rings. The van der Waals surface area contributed by atoms with Crippen molar-refractivity contribution in [1.29, 1.82) is 0 Å². The zero-order valence-electron chi connectivity index (χ0n) is 16.4. The van der Waals surface area contributed by atoms with Gasteiger partial charge in [-0.1, -0.05) is 24.3 Å². The summed E-state index contributed by atoms with van der Waals surface area (Å²) >= 11 is 0. The third-order valence-corrected chi connectivity index (χ3v) is 5.78. The van der Waals surface area contributed by atoms with E-state index in [9.17, 15) is 14.3 Å². The molecule has 2 saturated heterocycles.